The van der Waals surface area contributed by atoms with Crippen LogP contribution in [0.2, 0.25) is 10.0 Å². The molecule has 0 aliphatic carbocycles. The van der Waals surface area contributed by atoms with E-state index in [2.05, 4.69) is 0 Å². The largest absolute Gasteiger partial charge is 0.243 e. The Morgan fingerprint density at radius 1 is 1.05 bits per heavy atom. The molecule has 0 spiro atoms. The van der Waals surface area contributed by atoms with Gasteiger partial charge >= 0.3 is 0 Å². The first kappa shape index (κ1) is 15.3. The van der Waals surface area contributed by atoms with Crippen LogP contribution in [-0.2, 0) is 16.6 Å². The molecule has 0 aromatic heterocycles. The van der Waals surface area contributed by atoms with E-state index in [1.807, 2.05) is 0 Å². The van der Waals surface area contributed by atoms with Crippen LogP contribution in [0.15, 0.2) is 53.4 Å². The van der Waals surface area contributed by atoms with Gasteiger partial charge in [-0.25, -0.2) is 8.42 Å². The van der Waals surface area contributed by atoms with Crippen molar-refractivity contribution in [3.63, 3.8) is 0 Å². The fourth-order valence-corrected chi connectivity index (χ4v) is 3.39. The molecule has 0 heterocycles. The van der Waals surface area contributed by atoms with Crippen molar-refractivity contribution in [2.24, 2.45) is 0 Å². The maximum absolute atomic E-state index is 12.4. The minimum absolute atomic E-state index is 0.188. The predicted octanol–water partition coefficient (Wildman–Crippen LogP) is 3.81. The van der Waals surface area contributed by atoms with E-state index in [1.165, 1.54) is 11.4 Å². The fourth-order valence-electron chi connectivity index (χ4n) is 1.75. The lowest BCUT2D eigenvalue weighted by atomic mass is 10.2. The summed E-state index contributed by atoms with van der Waals surface area (Å²) in [6, 6.07) is 13.3. The van der Waals surface area contributed by atoms with Gasteiger partial charge in [0.25, 0.3) is 0 Å². The molecule has 0 saturated heterocycles. The van der Waals surface area contributed by atoms with Crippen LogP contribution in [0.4, 0.5) is 0 Å². The smallest absolute Gasteiger partial charge is 0.207 e. The Hall–Kier alpha value is -1.07. The molecule has 2 aromatic carbocycles. The molecule has 2 aromatic rings. The van der Waals surface area contributed by atoms with Crippen LogP contribution in [0.5, 0.6) is 0 Å². The summed E-state index contributed by atoms with van der Waals surface area (Å²) < 4.78 is 26.0. The Labute approximate surface area is 128 Å². The fraction of sp³-hybridized carbons (Fsp3) is 0.143. The second kappa shape index (κ2) is 6.14. The van der Waals surface area contributed by atoms with E-state index in [0.29, 0.717) is 15.6 Å². The average Bonchev–Trinajstić information content (AvgIpc) is 2.42. The summed E-state index contributed by atoms with van der Waals surface area (Å²) in [5.74, 6) is 0. The zero-order chi connectivity index (χ0) is 14.8. The second-order valence-electron chi connectivity index (χ2n) is 4.31. The van der Waals surface area contributed by atoms with E-state index in [4.69, 9.17) is 23.2 Å². The van der Waals surface area contributed by atoms with Crippen LogP contribution in [0, 0.1) is 0 Å². The Balaban J connectivity index is 2.26. The van der Waals surface area contributed by atoms with Gasteiger partial charge in [0, 0.05) is 23.6 Å². The van der Waals surface area contributed by atoms with Gasteiger partial charge in [0.15, 0.2) is 0 Å². The van der Waals surface area contributed by atoms with Crippen molar-refractivity contribution in [2.75, 3.05) is 7.05 Å². The monoisotopic (exact) mass is 329 g/mol. The molecule has 0 amide bonds. The molecular weight excluding hydrogens is 317 g/mol. The third-order valence-electron chi connectivity index (χ3n) is 2.86. The normalized spacial score (nSPS) is 11.8. The van der Waals surface area contributed by atoms with Gasteiger partial charge in [-0.15, -0.1) is 0 Å². The number of hydrogen-bond donors (Lipinski definition) is 0. The molecule has 106 valence electrons. The topological polar surface area (TPSA) is 37.4 Å². The van der Waals surface area contributed by atoms with E-state index in [-0.39, 0.29) is 11.4 Å². The Kier molecular flexibility index (Phi) is 4.70. The number of benzene rings is 2. The standard InChI is InChI=1S/C14H13Cl2NO2S/c1-17(10-11-7-8-12(15)9-14(11)16)20(18,19)13-5-3-2-4-6-13/h2-9H,10H2,1H3. The van der Waals surface area contributed by atoms with Crippen molar-refractivity contribution in [3.8, 4) is 0 Å². The number of halogens is 2. The van der Waals surface area contributed by atoms with Gasteiger partial charge in [-0.2, -0.15) is 4.31 Å². The van der Waals surface area contributed by atoms with E-state index >= 15 is 0 Å². The highest BCUT2D eigenvalue weighted by Crippen LogP contribution is 2.24. The molecule has 0 aliphatic rings. The van der Waals surface area contributed by atoms with Crippen LogP contribution < -0.4 is 0 Å². The number of nitrogens with zero attached hydrogens (tertiary/aromatic N) is 1. The zero-order valence-electron chi connectivity index (χ0n) is 10.8. The molecule has 0 aliphatic heterocycles. The summed E-state index contributed by atoms with van der Waals surface area (Å²) in [6.45, 7) is 0.188. The van der Waals surface area contributed by atoms with Crippen molar-refractivity contribution in [1.29, 1.82) is 0 Å². The van der Waals surface area contributed by atoms with Crippen molar-refractivity contribution in [3.05, 3.63) is 64.1 Å². The maximum atomic E-state index is 12.4. The SMILES string of the molecule is CN(Cc1ccc(Cl)cc1Cl)S(=O)(=O)c1ccccc1. The van der Waals surface area contributed by atoms with Crippen molar-refractivity contribution in [2.45, 2.75) is 11.4 Å². The first-order chi connectivity index (χ1) is 9.41. The Bertz CT molecular complexity index is 702. The number of sulfonamides is 1. The summed E-state index contributed by atoms with van der Waals surface area (Å²) in [6.07, 6.45) is 0. The Morgan fingerprint density at radius 2 is 1.70 bits per heavy atom. The molecule has 0 fully saturated rings. The lowest BCUT2D eigenvalue weighted by Gasteiger charge is -2.18. The lowest BCUT2D eigenvalue weighted by molar-refractivity contribution is 0.467. The minimum Gasteiger partial charge on any atom is -0.207 e. The third kappa shape index (κ3) is 3.33. The first-order valence-corrected chi connectivity index (χ1v) is 8.06. The summed E-state index contributed by atoms with van der Waals surface area (Å²) in [5, 5.41) is 0.972. The van der Waals surface area contributed by atoms with E-state index < -0.39 is 10.0 Å². The molecule has 0 bridgehead atoms. The summed E-state index contributed by atoms with van der Waals surface area (Å²) >= 11 is 11.9. The summed E-state index contributed by atoms with van der Waals surface area (Å²) in [4.78, 5) is 0.257. The van der Waals surface area contributed by atoms with E-state index in [1.54, 1.807) is 48.5 Å². The van der Waals surface area contributed by atoms with Gasteiger partial charge in [0.1, 0.15) is 0 Å². The van der Waals surface area contributed by atoms with Crippen molar-refractivity contribution >= 4 is 33.2 Å². The van der Waals surface area contributed by atoms with Gasteiger partial charge < -0.3 is 0 Å². The second-order valence-corrected chi connectivity index (χ2v) is 7.20. The van der Waals surface area contributed by atoms with Crippen LogP contribution in [-0.4, -0.2) is 19.8 Å². The average molecular weight is 330 g/mol. The first-order valence-electron chi connectivity index (χ1n) is 5.86. The molecule has 0 radical (unpaired) electrons. The van der Waals surface area contributed by atoms with Gasteiger partial charge in [0.2, 0.25) is 10.0 Å². The molecule has 2 rings (SSSR count). The van der Waals surface area contributed by atoms with Crippen molar-refractivity contribution in [1.82, 2.24) is 4.31 Å². The van der Waals surface area contributed by atoms with Crippen LogP contribution in [0.1, 0.15) is 5.56 Å². The zero-order valence-corrected chi connectivity index (χ0v) is 13.1. The highest BCUT2D eigenvalue weighted by atomic mass is 35.5. The van der Waals surface area contributed by atoms with Crippen LogP contribution in [0.3, 0.4) is 0 Å². The highest BCUT2D eigenvalue weighted by molar-refractivity contribution is 7.89. The molecular formula is C14H13Cl2NO2S. The number of hydrogen-bond acceptors (Lipinski definition) is 2. The molecule has 20 heavy (non-hydrogen) atoms. The summed E-state index contributed by atoms with van der Waals surface area (Å²) in [7, 11) is -2.00. The van der Waals surface area contributed by atoms with E-state index in [0.717, 1.165) is 0 Å². The third-order valence-corrected chi connectivity index (χ3v) is 5.26. The van der Waals surface area contributed by atoms with Gasteiger partial charge in [-0.1, -0.05) is 47.5 Å². The van der Waals surface area contributed by atoms with Crippen LogP contribution in [0.25, 0.3) is 0 Å². The molecule has 3 nitrogen and oxygen atoms in total. The van der Waals surface area contributed by atoms with Crippen LogP contribution >= 0.6 is 23.2 Å². The summed E-state index contributed by atoms with van der Waals surface area (Å²) in [5.41, 5.74) is 0.707. The van der Waals surface area contributed by atoms with E-state index in [9.17, 15) is 8.42 Å². The highest BCUT2D eigenvalue weighted by Gasteiger charge is 2.21. The molecule has 6 heteroatoms. The maximum Gasteiger partial charge on any atom is 0.243 e. The predicted molar refractivity (Wildman–Crippen MR) is 81.6 cm³/mol. The quantitative estimate of drug-likeness (QED) is 0.855. The number of rotatable bonds is 4. The van der Waals surface area contributed by atoms with Gasteiger partial charge in [-0.05, 0) is 29.8 Å². The molecule has 0 saturated carbocycles. The lowest BCUT2D eigenvalue weighted by Crippen LogP contribution is -2.26. The minimum atomic E-state index is -3.52. The van der Waals surface area contributed by atoms with Gasteiger partial charge in [-0.3, -0.25) is 0 Å². The van der Waals surface area contributed by atoms with Crippen molar-refractivity contribution < 1.29 is 8.42 Å². The van der Waals surface area contributed by atoms with Gasteiger partial charge in [0.05, 0.1) is 4.90 Å². The Morgan fingerprint density at radius 3 is 2.30 bits per heavy atom. The molecule has 0 unspecified atom stereocenters. The molecule has 0 atom stereocenters. The molecule has 0 N–H and O–H groups in total.